The molecule has 0 fully saturated rings. The minimum atomic E-state index is -0.241. The van der Waals surface area contributed by atoms with E-state index in [1.807, 2.05) is 18.2 Å². The average molecular weight is 298 g/mol. The molecule has 5 heteroatoms. The van der Waals surface area contributed by atoms with Gasteiger partial charge in [0.1, 0.15) is 5.82 Å². The summed E-state index contributed by atoms with van der Waals surface area (Å²) in [5.41, 5.74) is 1.57. The lowest BCUT2D eigenvalue weighted by atomic mass is 10.1. The molecule has 0 N–H and O–H groups in total. The van der Waals surface area contributed by atoms with E-state index in [4.69, 9.17) is 0 Å². The molecule has 0 spiro atoms. The van der Waals surface area contributed by atoms with E-state index < -0.39 is 0 Å². The predicted molar refractivity (Wildman–Crippen MR) is 83.7 cm³/mol. The first-order valence-corrected chi connectivity index (χ1v) is 6.96. The average Bonchev–Trinajstić information content (AvgIpc) is 2.59. The number of carbonyl (C=O) groups is 2. The lowest BCUT2D eigenvalue weighted by molar-refractivity contribution is -0.140. The Kier molecular flexibility index (Phi) is 5.25. The van der Waals surface area contributed by atoms with E-state index in [0.717, 1.165) is 5.56 Å². The molecule has 2 aromatic rings. The molecular weight excluding hydrogens is 280 g/mol. The number of nitrogens with zero attached hydrogens (tertiary/aromatic N) is 2. The van der Waals surface area contributed by atoms with Crippen LogP contribution in [0.25, 0.3) is 0 Å². The molecule has 1 aromatic carbocycles. The molecule has 0 saturated carbocycles. The number of esters is 1. The molecule has 0 aliphatic rings. The summed E-state index contributed by atoms with van der Waals surface area (Å²) in [5.74, 6) is 0.232. The van der Waals surface area contributed by atoms with Crippen LogP contribution in [0.3, 0.4) is 0 Å². The highest BCUT2D eigenvalue weighted by molar-refractivity contribution is 6.05. The molecule has 1 aromatic heterocycles. The highest BCUT2D eigenvalue weighted by atomic mass is 16.5. The zero-order chi connectivity index (χ0) is 15.9. The molecular formula is C17H18N2O3. The minimum Gasteiger partial charge on any atom is -0.469 e. The Morgan fingerprint density at radius 1 is 1.14 bits per heavy atom. The Balaban J connectivity index is 2.03. The third kappa shape index (κ3) is 3.91. The van der Waals surface area contributed by atoms with Crippen LogP contribution >= 0.6 is 0 Å². The SMILES string of the molecule is COC(=O)CCc1ccc(C(=O)N(C)c2ccccn2)cc1. The van der Waals surface area contributed by atoms with Crippen molar-refractivity contribution in [1.82, 2.24) is 4.98 Å². The van der Waals surface area contributed by atoms with E-state index in [1.165, 1.54) is 12.0 Å². The lowest BCUT2D eigenvalue weighted by Crippen LogP contribution is -2.26. The van der Waals surface area contributed by atoms with Crippen LogP contribution in [0, 0.1) is 0 Å². The molecule has 22 heavy (non-hydrogen) atoms. The maximum atomic E-state index is 12.4. The van der Waals surface area contributed by atoms with E-state index in [0.29, 0.717) is 24.2 Å². The number of aromatic nitrogens is 1. The molecule has 0 aliphatic heterocycles. The van der Waals surface area contributed by atoms with Crippen LogP contribution in [0.4, 0.5) is 5.82 Å². The maximum Gasteiger partial charge on any atom is 0.305 e. The molecule has 2 rings (SSSR count). The lowest BCUT2D eigenvalue weighted by Gasteiger charge is -2.16. The van der Waals surface area contributed by atoms with E-state index in [1.54, 1.807) is 37.5 Å². The van der Waals surface area contributed by atoms with Crippen LogP contribution in [0.15, 0.2) is 48.7 Å². The fourth-order valence-electron chi connectivity index (χ4n) is 2.01. The van der Waals surface area contributed by atoms with Gasteiger partial charge in [-0.3, -0.25) is 14.5 Å². The first-order valence-electron chi connectivity index (χ1n) is 6.96. The van der Waals surface area contributed by atoms with Gasteiger partial charge in [-0.1, -0.05) is 18.2 Å². The van der Waals surface area contributed by atoms with Crippen molar-refractivity contribution >= 4 is 17.7 Å². The topological polar surface area (TPSA) is 59.5 Å². The second kappa shape index (κ2) is 7.36. The molecule has 1 amide bonds. The van der Waals surface area contributed by atoms with Gasteiger partial charge in [0, 0.05) is 25.2 Å². The zero-order valence-electron chi connectivity index (χ0n) is 12.7. The minimum absolute atomic E-state index is 0.127. The quantitative estimate of drug-likeness (QED) is 0.796. The second-order valence-electron chi connectivity index (χ2n) is 4.83. The summed E-state index contributed by atoms with van der Waals surface area (Å²) in [5, 5.41) is 0. The summed E-state index contributed by atoms with van der Waals surface area (Å²) in [4.78, 5) is 29.2. The normalized spacial score (nSPS) is 10.1. The van der Waals surface area contributed by atoms with Gasteiger partial charge in [-0.05, 0) is 36.2 Å². The maximum absolute atomic E-state index is 12.4. The Hall–Kier alpha value is -2.69. The van der Waals surface area contributed by atoms with Crippen LogP contribution < -0.4 is 4.90 Å². The number of methoxy groups -OCH3 is 1. The number of anilines is 1. The molecule has 114 valence electrons. The Labute approximate surface area is 129 Å². The van der Waals surface area contributed by atoms with Crippen LogP contribution in [0.2, 0.25) is 0 Å². The summed E-state index contributed by atoms with van der Waals surface area (Å²) < 4.78 is 4.61. The van der Waals surface area contributed by atoms with E-state index in [9.17, 15) is 9.59 Å². The highest BCUT2D eigenvalue weighted by Crippen LogP contribution is 2.13. The molecule has 5 nitrogen and oxygen atoms in total. The van der Waals surface area contributed by atoms with Gasteiger partial charge in [-0.15, -0.1) is 0 Å². The van der Waals surface area contributed by atoms with Gasteiger partial charge in [0.15, 0.2) is 0 Å². The van der Waals surface area contributed by atoms with Crippen molar-refractivity contribution in [1.29, 1.82) is 0 Å². The van der Waals surface area contributed by atoms with Crippen molar-refractivity contribution in [2.75, 3.05) is 19.1 Å². The number of hydrogen-bond donors (Lipinski definition) is 0. The van der Waals surface area contributed by atoms with E-state index in [-0.39, 0.29) is 11.9 Å². The van der Waals surface area contributed by atoms with E-state index in [2.05, 4.69) is 9.72 Å². The summed E-state index contributed by atoms with van der Waals surface area (Å²) >= 11 is 0. The van der Waals surface area contributed by atoms with Gasteiger partial charge in [0.05, 0.1) is 7.11 Å². The zero-order valence-corrected chi connectivity index (χ0v) is 12.7. The largest absolute Gasteiger partial charge is 0.469 e. The van der Waals surface area contributed by atoms with Crippen LogP contribution in [-0.4, -0.2) is 31.0 Å². The summed E-state index contributed by atoms with van der Waals surface area (Å²) in [6.07, 6.45) is 2.57. The number of rotatable bonds is 5. The van der Waals surface area contributed by atoms with Crippen molar-refractivity contribution in [3.8, 4) is 0 Å². The standard InChI is InChI=1S/C17H18N2O3/c1-19(15-5-3-4-12-18-15)17(21)14-9-6-13(7-10-14)8-11-16(20)22-2/h3-7,9-10,12H,8,11H2,1-2H3. The monoisotopic (exact) mass is 298 g/mol. The second-order valence-corrected chi connectivity index (χ2v) is 4.83. The molecule has 0 aliphatic carbocycles. The highest BCUT2D eigenvalue weighted by Gasteiger charge is 2.14. The molecule has 0 unspecified atom stereocenters. The first kappa shape index (κ1) is 15.7. The first-order chi connectivity index (χ1) is 10.6. The molecule has 0 bridgehead atoms. The number of carbonyl (C=O) groups excluding carboxylic acids is 2. The summed E-state index contributed by atoms with van der Waals surface area (Å²) in [6, 6.07) is 12.6. The fraction of sp³-hybridized carbons (Fsp3) is 0.235. The molecule has 0 saturated heterocycles. The molecule has 0 radical (unpaired) electrons. The van der Waals surface area contributed by atoms with Crippen molar-refractivity contribution in [3.63, 3.8) is 0 Å². The van der Waals surface area contributed by atoms with Gasteiger partial charge < -0.3 is 4.74 Å². The smallest absolute Gasteiger partial charge is 0.305 e. The number of amides is 1. The third-order valence-corrected chi connectivity index (χ3v) is 3.34. The van der Waals surface area contributed by atoms with Crippen LogP contribution in [0.1, 0.15) is 22.3 Å². The predicted octanol–water partition coefficient (Wildman–Crippen LogP) is 2.46. The van der Waals surface area contributed by atoms with Crippen molar-refractivity contribution < 1.29 is 14.3 Å². The van der Waals surface area contributed by atoms with Crippen molar-refractivity contribution in [3.05, 3.63) is 59.8 Å². The van der Waals surface area contributed by atoms with Crippen molar-refractivity contribution in [2.24, 2.45) is 0 Å². The summed E-state index contributed by atoms with van der Waals surface area (Å²) in [7, 11) is 3.06. The van der Waals surface area contributed by atoms with Gasteiger partial charge in [0.25, 0.3) is 5.91 Å². The Bertz CT molecular complexity index is 639. The fourth-order valence-corrected chi connectivity index (χ4v) is 2.01. The number of benzene rings is 1. The third-order valence-electron chi connectivity index (χ3n) is 3.34. The number of aryl methyl sites for hydroxylation is 1. The molecule has 0 atom stereocenters. The summed E-state index contributed by atoms with van der Waals surface area (Å²) in [6.45, 7) is 0. The Morgan fingerprint density at radius 2 is 1.86 bits per heavy atom. The number of hydrogen-bond acceptors (Lipinski definition) is 4. The van der Waals surface area contributed by atoms with E-state index >= 15 is 0 Å². The molecule has 1 heterocycles. The van der Waals surface area contributed by atoms with Gasteiger partial charge in [-0.2, -0.15) is 0 Å². The van der Waals surface area contributed by atoms with Crippen molar-refractivity contribution in [2.45, 2.75) is 12.8 Å². The Morgan fingerprint density at radius 3 is 2.45 bits per heavy atom. The van der Waals surface area contributed by atoms with Crippen LogP contribution in [-0.2, 0) is 16.0 Å². The van der Waals surface area contributed by atoms with Crippen LogP contribution in [0.5, 0.6) is 0 Å². The van der Waals surface area contributed by atoms with Gasteiger partial charge >= 0.3 is 5.97 Å². The number of ether oxygens (including phenoxy) is 1. The van der Waals surface area contributed by atoms with Gasteiger partial charge in [0.2, 0.25) is 0 Å². The van der Waals surface area contributed by atoms with Gasteiger partial charge in [-0.25, -0.2) is 4.98 Å². The number of pyridine rings is 1.